The molecule has 0 unspecified atom stereocenters. The van der Waals surface area contributed by atoms with Gasteiger partial charge in [-0.25, -0.2) is 17.6 Å². The Morgan fingerprint density at radius 2 is 1.38 bits per heavy atom. The monoisotopic (exact) mass is 362 g/mol. The van der Waals surface area contributed by atoms with Crippen molar-refractivity contribution in [2.75, 3.05) is 10.6 Å². The second-order valence-corrected chi connectivity index (χ2v) is 5.13. The zero-order valence-electron chi connectivity index (χ0n) is 12.9. The van der Waals surface area contributed by atoms with Gasteiger partial charge in [0, 0.05) is 12.1 Å². The highest BCUT2D eigenvalue weighted by atomic mass is 19.1. The largest absolute Gasteiger partial charge is 0.336 e. The normalized spacial score (nSPS) is 10.5. The Morgan fingerprint density at radius 1 is 0.769 bits per heavy atom. The minimum Gasteiger partial charge on any atom is -0.336 e. The van der Waals surface area contributed by atoms with E-state index in [1.54, 1.807) is 0 Å². The molecule has 1 amide bonds. The van der Waals surface area contributed by atoms with E-state index in [9.17, 15) is 22.4 Å². The smallest absolute Gasteiger partial charge is 0.276 e. The van der Waals surface area contributed by atoms with E-state index in [0.717, 1.165) is 18.2 Å². The van der Waals surface area contributed by atoms with Crippen LogP contribution in [0.25, 0.3) is 0 Å². The minimum absolute atomic E-state index is 0.0220. The van der Waals surface area contributed by atoms with Gasteiger partial charge in [0.15, 0.2) is 11.5 Å². The lowest BCUT2D eigenvalue weighted by Gasteiger charge is -2.08. The summed E-state index contributed by atoms with van der Waals surface area (Å²) >= 11 is 0. The Hall–Kier alpha value is -3.49. The molecule has 0 saturated carbocycles. The first-order valence-electron chi connectivity index (χ1n) is 7.24. The van der Waals surface area contributed by atoms with Gasteiger partial charge in [-0.3, -0.25) is 4.79 Å². The van der Waals surface area contributed by atoms with Gasteiger partial charge < -0.3 is 10.6 Å². The maximum absolute atomic E-state index is 13.6. The maximum Gasteiger partial charge on any atom is 0.276 e. The maximum atomic E-state index is 13.6. The molecule has 3 rings (SSSR count). The van der Waals surface area contributed by atoms with Crippen LogP contribution < -0.4 is 10.6 Å². The first-order valence-corrected chi connectivity index (χ1v) is 7.24. The van der Waals surface area contributed by atoms with Gasteiger partial charge in [0.1, 0.15) is 23.3 Å². The molecule has 26 heavy (non-hydrogen) atoms. The number of nitrogens with zero attached hydrogens (tertiary/aromatic N) is 2. The number of rotatable bonds is 4. The molecule has 0 aliphatic rings. The summed E-state index contributed by atoms with van der Waals surface area (Å²) < 4.78 is 52.8. The number of nitrogens with one attached hydrogen (secondary N) is 2. The molecule has 0 spiro atoms. The van der Waals surface area contributed by atoms with E-state index in [2.05, 4.69) is 20.8 Å². The number of carbonyl (C=O) groups is 1. The summed E-state index contributed by atoms with van der Waals surface area (Å²) in [6.07, 6.45) is 0. The van der Waals surface area contributed by atoms with Gasteiger partial charge in [-0.1, -0.05) is 0 Å². The highest BCUT2D eigenvalue weighted by molar-refractivity contribution is 6.02. The molecular weight excluding hydrogens is 352 g/mol. The number of hydrogen-bond donors (Lipinski definition) is 2. The Morgan fingerprint density at radius 3 is 1.92 bits per heavy atom. The number of benzene rings is 2. The summed E-state index contributed by atoms with van der Waals surface area (Å²) in [6.45, 7) is 0. The molecule has 132 valence electrons. The topological polar surface area (TPSA) is 66.9 Å². The van der Waals surface area contributed by atoms with Crippen LogP contribution in [0.3, 0.4) is 0 Å². The molecule has 0 radical (unpaired) electrons. The van der Waals surface area contributed by atoms with Crippen LogP contribution in [-0.2, 0) is 0 Å². The Labute approximate surface area is 144 Å². The van der Waals surface area contributed by atoms with Gasteiger partial charge in [-0.05, 0) is 36.4 Å². The molecule has 0 aliphatic carbocycles. The van der Waals surface area contributed by atoms with E-state index in [4.69, 9.17) is 0 Å². The van der Waals surface area contributed by atoms with Crippen LogP contribution in [0.4, 0.5) is 34.8 Å². The molecule has 5 nitrogen and oxygen atoms in total. The summed E-state index contributed by atoms with van der Waals surface area (Å²) in [4.78, 5) is 12.0. The van der Waals surface area contributed by atoms with Gasteiger partial charge in [0.25, 0.3) is 5.91 Å². The fraction of sp³-hybridized carbons (Fsp3) is 0. The van der Waals surface area contributed by atoms with E-state index in [1.807, 2.05) is 0 Å². The fourth-order valence-electron chi connectivity index (χ4n) is 2.03. The molecule has 1 heterocycles. The van der Waals surface area contributed by atoms with Crippen LogP contribution >= 0.6 is 0 Å². The molecule has 0 atom stereocenters. The first-order chi connectivity index (χ1) is 12.4. The molecule has 0 aliphatic heterocycles. The van der Waals surface area contributed by atoms with Gasteiger partial charge in [0.05, 0.1) is 11.4 Å². The van der Waals surface area contributed by atoms with Crippen LogP contribution in [0.2, 0.25) is 0 Å². The van der Waals surface area contributed by atoms with Crippen molar-refractivity contribution in [1.82, 2.24) is 10.2 Å². The lowest BCUT2D eigenvalue weighted by atomic mass is 10.2. The van der Waals surface area contributed by atoms with E-state index < -0.39 is 29.2 Å². The van der Waals surface area contributed by atoms with Crippen LogP contribution in [-0.4, -0.2) is 16.1 Å². The molecule has 3 aromatic rings. The van der Waals surface area contributed by atoms with Crippen LogP contribution in [0.5, 0.6) is 0 Å². The number of halogens is 4. The highest BCUT2D eigenvalue weighted by Crippen LogP contribution is 2.19. The van der Waals surface area contributed by atoms with E-state index >= 15 is 0 Å². The number of aromatic nitrogens is 2. The predicted octanol–water partition coefficient (Wildman–Crippen LogP) is 4.03. The average molecular weight is 362 g/mol. The highest BCUT2D eigenvalue weighted by Gasteiger charge is 2.12. The standard InChI is InChI=1S/C17H10F4N4O/c18-9-1-3-13(11(20)7-9)22-16-6-5-15(24-25-16)17(26)23-14-4-2-10(19)8-12(14)21/h1-8H,(H,22,25)(H,23,26). The third-order valence-electron chi connectivity index (χ3n) is 3.27. The summed E-state index contributed by atoms with van der Waals surface area (Å²) in [5.41, 5.74) is -0.376. The zero-order chi connectivity index (χ0) is 18.7. The van der Waals surface area contributed by atoms with Crippen molar-refractivity contribution in [3.63, 3.8) is 0 Å². The molecule has 0 fully saturated rings. The number of carbonyl (C=O) groups excluding carboxylic acids is 1. The Kier molecular flexibility index (Phi) is 4.78. The lowest BCUT2D eigenvalue weighted by molar-refractivity contribution is 0.102. The lowest BCUT2D eigenvalue weighted by Crippen LogP contribution is -2.15. The van der Waals surface area contributed by atoms with E-state index in [1.165, 1.54) is 18.2 Å². The second kappa shape index (κ2) is 7.18. The third kappa shape index (κ3) is 3.94. The van der Waals surface area contributed by atoms with E-state index in [-0.39, 0.29) is 22.9 Å². The molecular formula is C17H10F4N4O. The molecule has 0 saturated heterocycles. The Balaban J connectivity index is 1.71. The molecule has 1 aromatic heterocycles. The fourth-order valence-corrected chi connectivity index (χ4v) is 2.03. The third-order valence-corrected chi connectivity index (χ3v) is 3.27. The van der Waals surface area contributed by atoms with Crippen LogP contribution in [0, 0.1) is 23.3 Å². The van der Waals surface area contributed by atoms with Crippen molar-refractivity contribution in [1.29, 1.82) is 0 Å². The van der Waals surface area contributed by atoms with Crippen LogP contribution in [0.15, 0.2) is 48.5 Å². The van der Waals surface area contributed by atoms with Gasteiger partial charge in [0.2, 0.25) is 0 Å². The summed E-state index contributed by atoms with van der Waals surface area (Å²) in [5.74, 6) is -3.90. The summed E-state index contributed by atoms with van der Waals surface area (Å²) in [5, 5.41) is 12.2. The first kappa shape index (κ1) is 17.3. The molecule has 0 bridgehead atoms. The van der Waals surface area contributed by atoms with Crippen molar-refractivity contribution in [3.8, 4) is 0 Å². The SMILES string of the molecule is O=C(Nc1ccc(F)cc1F)c1ccc(Nc2ccc(F)cc2F)nn1. The zero-order valence-corrected chi connectivity index (χ0v) is 12.9. The second-order valence-electron chi connectivity index (χ2n) is 5.13. The van der Waals surface area contributed by atoms with Crippen molar-refractivity contribution < 1.29 is 22.4 Å². The molecule has 2 aromatic carbocycles. The van der Waals surface area contributed by atoms with Crippen molar-refractivity contribution >= 4 is 23.1 Å². The molecule has 2 N–H and O–H groups in total. The Bertz CT molecular complexity index is 963. The molecule has 9 heteroatoms. The average Bonchev–Trinajstić information content (AvgIpc) is 2.60. The minimum atomic E-state index is -0.934. The number of amides is 1. The van der Waals surface area contributed by atoms with Crippen LogP contribution in [0.1, 0.15) is 10.5 Å². The summed E-state index contributed by atoms with van der Waals surface area (Å²) in [7, 11) is 0. The van der Waals surface area contributed by atoms with E-state index in [0.29, 0.717) is 12.1 Å². The quantitative estimate of drug-likeness (QED) is 0.688. The number of hydrogen-bond acceptors (Lipinski definition) is 4. The van der Waals surface area contributed by atoms with Gasteiger partial charge in [-0.2, -0.15) is 0 Å². The van der Waals surface area contributed by atoms with Crippen molar-refractivity contribution in [3.05, 3.63) is 77.5 Å². The van der Waals surface area contributed by atoms with Gasteiger partial charge in [-0.15, -0.1) is 10.2 Å². The van der Waals surface area contributed by atoms with Crippen molar-refractivity contribution in [2.45, 2.75) is 0 Å². The van der Waals surface area contributed by atoms with Crippen molar-refractivity contribution in [2.24, 2.45) is 0 Å². The van der Waals surface area contributed by atoms with Gasteiger partial charge >= 0.3 is 0 Å². The number of anilines is 3. The summed E-state index contributed by atoms with van der Waals surface area (Å²) in [6, 6.07) is 8.26. The predicted molar refractivity (Wildman–Crippen MR) is 86.0 cm³/mol.